The Kier molecular flexibility index (Phi) is 4.49. The van der Waals surface area contributed by atoms with Gasteiger partial charge in [-0.2, -0.15) is 5.10 Å². The van der Waals surface area contributed by atoms with Gasteiger partial charge in [0.15, 0.2) is 5.65 Å². The van der Waals surface area contributed by atoms with Gasteiger partial charge < -0.3 is 5.32 Å². The van der Waals surface area contributed by atoms with Crippen molar-refractivity contribution in [2.75, 3.05) is 5.32 Å². The molecule has 0 radical (unpaired) electrons. The number of pyridine rings is 1. The third-order valence-electron chi connectivity index (χ3n) is 4.54. The van der Waals surface area contributed by atoms with E-state index in [0.29, 0.717) is 0 Å². The molecular weight excluding hydrogens is 356 g/mol. The third-order valence-corrected chi connectivity index (χ3v) is 5.45. The van der Waals surface area contributed by atoms with Gasteiger partial charge in [0, 0.05) is 22.3 Å². The second-order valence-electron chi connectivity index (χ2n) is 6.64. The quantitative estimate of drug-likeness (QED) is 0.560. The van der Waals surface area contributed by atoms with Gasteiger partial charge in [-0.15, -0.1) is 11.3 Å². The maximum atomic E-state index is 12.6. The molecule has 0 fully saturated rings. The largest absolute Gasteiger partial charge is 0.324 e. The van der Waals surface area contributed by atoms with Gasteiger partial charge in [-0.1, -0.05) is 23.8 Å². The zero-order valence-corrected chi connectivity index (χ0v) is 16.3. The van der Waals surface area contributed by atoms with E-state index in [2.05, 4.69) is 32.9 Å². The number of aryl methyl sites for hydroxylation is 3. The summed E-state index contributed by atoms with van der Waals surface area (Å²) in [4.78, 5) is 18.2. The van der Waals surface area contributed by atoms with Gasteiger partial charge in [-0.05, 0) is 49.9 Å². The molecular formula is C21H20N4OS. The summed E-state index contributed by atoms with van der Waals surface area (Å²) in [6.07, 6.45) is 1.77. The Hall–Kier alpha value is -2.99. The minimum atomic E-state index is -0.116. The van der Waals surface area contributed by atoms with Gasteiger partial charge in [0.05, 0.1) is 11.1 Å². The number of hydrogen-bond acceptors (Lipinski definition) is 4. The molecule has 3 aromatic heterocycles. The van der Waals surface area contributed by atoms with E-state index in [1.807, 2.05) is 45.0 Å². The minimum absolute atomic E-state index is 0.116. The number of aromatic nitrogens is 3. The summed E-state index contributed by atoms with van der Waals surface area (Å²) in [5.74, 6) is -0.116. The molecule has 0 bridgehead atoms. The van der Waals surface area contributed by atoms with Crippen LogP contribution in [-0.2, 0) is 11.3 Å². The van der Waals surface area contributed by atoms with Crippen molar-refractivity contribution in [2.45, 2.75) is 27.3 Å². The molecule has 1 N–H and O–H groups in total. The molecule has 4 rings (SSSR count). The molecule has 3 heterocycles. The summed E-state index contributed by atoms with van der Waals surface area (Å²) >= 11 is 1.68. The van der Waals surface area contributed by atoms with Crippen LogP contribution in [-0.4, -0.2) is 20.7 Å². The van der Waals surface area contributed by atoms with Gasteiger partial charge >= 0.3 is 0 Å². The third kappa shape index (κ3) is 3.36. The zero-order chi connectivity index (χ0) is 19.0. The van der Waals surface area contributed by atoms with E-state index in [-0.39, 0.29) is 12.5 Å². The maximum absolute atomic E-state index is 12.6. The predicted octanol–water partition coefficient (Wildman–Crippen LogP) is 4.72. The average molecular weight is 376 g/mol. The molecule has 6 heteroatoms. The van der Waals surface area contributed by atoms with Crippen LogP contribution in [0.4, 0.5) is 5.69 Å². The summed E-state index contributed by atoms with van der Waals surface area (Å²) in [5.41, 5.74) is 5.75. The highest BCUT2D eigenvalue weighted by atomic mass is 32.1. The highest BCUT2D eigenvalue weighted by molar-refractivity contribution is 7.13. The molecule has 4 aromatic rings. The molecule has 5 nitrogen and oxygen atoms in total. The van der Waals surface area contributed by atoms with Crippen LogP contribution in [0.25, 0.3) is 21.5 Å². The fourth-order valence-corrected chi connectivity index (χ4v) is 4.07. The molecule has 1 amide bonds. The molecule has 27 heavy (non-hydrogen) atoms. The van der Waals surface area contributed by atoms with Crippen molar-refractivity contribution in [3.63, 3.8) is 0 Å². The maximum Gasteiger partial charge on any atom is 0.246 e. The summed E-state index contributed by atoms with van der Waals surface area (Å²) in [7, 11) is 0. The number of nitrogens with one attached hydrogen (secondary N) is 1. The van der Waals surface area contributed by atoms with Crippen molar-refractivity contribution in [3.8, 4) is 10.4 Å². The van der Waals surface area contributed by atoms with Crippen molar-refractivity contribution in [1.82, 2.24) is 14.8 Å². The van der Waals surface area contributed by atoms with Gasteiger partial charge in [-0.25, -0.2) is 9.67 Å². The lowest BCUT2D eigenvalue weighted by Crippen LogP contribution is -2.20. The van der Waals surface area contributed by atoms with Crippen molar-refractivity contribution in [2.24, 2.45) is 0 Å². The first kappa shape index (κ1) is 17.4. The Balaban J connectivity index is 1.65. The smallest absolute Gasteiger partial charge is 0.246 e. The van der Waals surface area contributed by atoms with Crippen LogP contribution in [0.1, 0.15) is 16.8 Å². The number of anilines is 1. The molecule has 0 saturated heterocycles. The highest BCUT2D eigenvalue weighted by Gasteiger charge is 2.16. The summed E-state index contributed by atoms with van der Waals surface area (Å²) in [6.45, 7) is 6.11. The highest BCUT2D eigenvalue weighted by Crippen LogP contribution is 2.32. The second-order valence-corrected chi connectivity index (χ2v) is 7.59. The van der Waals surface area contributed by atoms with Crippen LogP contribution in [0.15, 0.2) is 48.0 Å². The minimum Gasteiger partial charge on any atom is -0.324 e. The second kappa shape index (κ2) is 6.96. The Morgan fingerprint density at radius 3 is 2.78 bits per heavy atom. The number of thiophene rings is 1. The number of carbonyl (C=O) groups is 1. The Bertz CT molecular complexity index is 1130. The first-order valence-electron chi connectivity index (χ1n) is 8.76. The molecule has 0 saturated carbocycles. The number of carbonyl (C=O) groups excluding carboxylic acids is 1. The van der Waals surface area contributed by atoms with Crippen LogP contribution in [0.2, 0.25) is 0 Å². The molecule has 0 unspecified atom stereocenters. The number of fused-ring (bicyclic) bond motifs is 1. The summed E-state index contributed by atoms with van der Waals surface area (Å²) in [6, 6.07) is 12.1. The van der Waals surface area contributed by atoms with Gasteiger partial charge in [0.25, 0.3) is 0 Å². The first-order chi connectivity index (χ1) is 13.0. The Morgan fingerprint density at radius 2 is 2.04 bits per heavy atom. The fourth-order valence-electron chi connectivity index (χ4n) is 3.31. The van der Waals surface area contributed by atoms with Crippen molar-refractivity contribution >= 4 is 34.0 Å². The lowest BCUT2D eigenvalue weighted by molar-refractivity contribution is -0.116. The molecule has 0 spiro atoms. The summed E-state index contributed by atoms with van der Waals surface area (Å²) in [5, 5.41) is 10.6. The normalized spacial score (nSPS) is 11.1. The van der Waals surface area contributed by atoms with Crippen LogP contribution in [0.5, 0.6) is 0 Å². The number of rotatable bonds is 4. The van der Waals surface area contributed by atoms with E-state index in [4.69, 9.17) is 0 Å². The van der Waals surface area contributed by atoms with Crippen LogP contribution in [0, 0.1) is 20.8 Å². The molecule has 1 aromatic carbocycles. The van der Waals surface area contributed by atoms with Crippen LogP contribution in [0.3, 0.4) is 0 Å². The van der Waals surface area contributed by atoms with Gasteiger partial charge in [-0.3, -0.25) is 4.79 Å². The van der Waals surface area contributed by atoms with Crippen molar-refractivity contribution in [1.29, 1.82) is 0 Å². The molecule has 0 atom stereocenters. The number of nitrogens with zero attached hydrogens (tertiary/aromatic N) is 3. The van der Waals surface area contributed by atoms with E-state index >= 15 is 0 Å². The van der Waals surface area contributed by atoms with E-state index in [0.717, 1.165) is 33.5 Å². The number of amides is 1. The Morgan fingerprint density at radius 1 is 1.19 bits per heavy atom. The van der Waals surface area contributed by atoms with Gasteiger partial charge in [0.1, 0.15) is 6.54 Å². The van der Waals surface area contributed by atoms with Crippen LogP contribution < -0.4 is 5.32 Å². The predicted molar refractivity (Wildman–Crippen MR) is 110 cm³/mol. The fraction of sp³-hybridized carbons (Fsp3) is 0.190. The van der Waals surface area contributed by atoms with E-state index in [9.17, 15) is 4.79 Å². The SMILES string of the molecule is Cc1ccc(NC(=O)Cn2nc(C)c3c(-c4cccs4)ccnc32)c(C)c1. The van der Waals surface area contributed by atoms with Crippen LogP contribution >= 0.6 is 11.3 Å². The number of hydrogen-bond donors (Lipinski definition) is 1. The molecule has 0 aliphatic heterocycles. The Labute approximate surface area is 161 Å². The van der Waals surface area contributed by atoms with E-state index in [1.165, 1.54) is 10.4 Å². The zero-order valence-electron chi connectivity index (χ0n) is 15.5. The average Bonchev–Trinajstić information content (AvgIpc) is 3.27. The molecule has 0 aliphatic carbocycles. The van der Waals surface area contributed by atoms with Crippen molar-refractivity contribution < 1.29 is 4.79 Å². The topological polar surface area (TPSA) is 59.8 Å². The monoisotopic (exact) mass is 376 g/mol. The van der Waals surface area contributed by atoms with E-state index in [1.54, 1.807) is 22.2 Å². The van der Waals surface area contributed by atoms with Gasteiger partial charge in [0.2, 0.25) is 5.91 Å². The lowest BCUT2D eigenvalue weighted by Gasteiger charge is -2.09. The van der Waals surface area contributed by atoms with Crippen molar-refractivity contribution in [3.05, 3.63) is 64.8 Å². The number of benzene rings is 1. The first-order valence-corrected chi connectivity index (χ1v) is 9.64. The summed E-state index contributed by atoms with van der Waals surface area (Å²) < 4.78 is 1.68. The lowest BCUT2D eigenvalue weighted by atomic mass is 10.1. The molecule has 0 aliphatic rings. The van der Waals surface area contributed by atoms with E-state index < -0.39 is 0 Å². The molecule has 136 valence electrons. The standard InChI is InChI=1S/C21H20N4OS/c1-13-6-7-17(14(2)11-13)23-19(26)12-25-21-20(15(3)24-25)16(8-9-22-21)18-5-4-10-27-18/h4-11H,12H2,1-3H3,(H,23,26).